The zero-order chi connectivity index (χ0) is 16.5. The third-order valence-corrected chi connectivity index (χ3v) is 3.94. The Kier molecular flexibility index (Phi) is 3.62. The van der Waals surface area contributed by atoms with E-state index >= 15 is 0 Å². The van der Waals surface area contributed by atoms with Crippen molar-refractivity contribution in [2.45, 2.75) is 25.4 Å². The minimum absolute atomic E-state index is 0.467. The third kappa shape index (κ3) is 3.07. The number of nitrogens with zero attached hydrogens (tertiary/aromatic N) is 3. The first-order chi connectivity index (χ1) is 11.7. The van der Waals surface area contributed by atoms with Crippen molar-refractivity contribution in [2.24, 2.45) is 0 Å². The Bertz CT molecular complexity index is 902. The van der Waals surface area contributed by atoms with Crippen LogP contribution in [0.5, 0.6) is 11.6 Å². The number of hydrogen-bond acceptors (Lipinski definition) is 5. The second kappa shape index (κ2) is 5.93. The molecular formula is C17H16N4O3. The molecule has 1 aliphatic carbocycles. The van der Waals surface area contributed by atoms with E-state index in [4.69, 9.17) is 9.84 Å². The summed E-state index contributed by atoms with van der Waals surface area (Å²) in [4.78, 5) is 19.5. The Morgan fingerprint density at radius 1 is 1.29 bits per heavy atom. The van der Waals surface area contributed by atoms with E-state index < -0.39 is 6.09 Å². The molecule has 3 aromatic rings. The summed E-state index contributed by atoms with van der Waals surface area (Å²) in [6, 6.07) is 9.40. The summed E-state index contributed by atoms with van der Waals surface area (Å²) in [6.45, 7) is 0.698. The van der Waals surface area contributed by atoms with Crippen molar-refractivity contribution in [1.82, 2.24) is 19.9 Å². The molecule has 0 radical (unpaired) electrons. The molecule has 0 atom stereocenters. The zero-order valence-electron chi connectivity index (χ0n) is 12.8. The number of hydrogen-bond donors (Lipinski definition) is 2. The van der Waals surface area contributed by atoms with Gasteiger partial charge in [-0.3, -0.25) is 4.57 Å². The van der Waals surface area contributed by atoms with Gasteiger partial charge in [-0.05, 0) is 37.1 Å². The molecule has 7 nitrogen and oxygen atoms in total. The molecule has 0 bridgehead atoms. The Balaban J connectivity index is 1.52. The lowest BCUT2D eigenvalue weighted by molar-refractivity contribution is 0.197. The van der Waals surface area contributed by atoms with E-state index in [0.29, 0.717) is 29.7 Å². The summed E-state index contributed by atoms with van der Waals surface area (Å²) in [5, 5.41) is 13.3. The Morgan fingerprint density at radius 2 is 2.17 bits per heavy atom. The topological polar surface area (TPSA) is 89.3 Å². The Labute approximate surface area is 137 Å². The van der Waals surface area contributed by atoms with E-state index in [1.807, 2.05) is 6.07 Å². The van der Waals surface area contributed by atoms with E-state index in [0.717, 1.165) is 11.1 Å². The van der Waals surface area contributed by atoms with E-state index in [9.17, 15) is 4.79 Å². The van der Waals surface area contributed by atoms with Gasteiger partial charge in [-0.1, -0.05) is 0 Å². The number of fused-ring (bicyclic) bond motifs is 1. The lowest BCUT2D eigenvalue weighted by Gasteiger charge is -2.07. The number of benzene rings is 1. The van der Waals surface area contributed by atoms with E-state index in [-0.39, 0.29) is 0 Å². The second-order valence-corrected chi connectivity index (χ2v) is 5.79. The monoisotopic (exact) mass is 324 g/mol. The van der Waals surface area contributed by atoms with Crippen LogP contribution in [0.2, 0.25) is 0 Å². The van der Waals surface area contributed by atoms with Gasteiger partial charge < -0.3 is 15.2 Å². The molecule has 1 aliphatic rings. The minimum atomic E-state index is -1.01. The van der Waals surface area contributed by atoms with Gasteiger partial charge in [-0.15, -0.1) is 0 Å². The van der Waals surface area contributed by atoms with Gasteiger partial charge in [0.25, 0.3) is 0 Å². The quantitative estimate of drug-likeness (QED) is 0.750. The molecular weight excluding hydrogens is 308 g/mol. The molecule has 1 fully saturated rings. The van der Waals surface area contributed by atoms with Gasteiger partial charge in [-0.25, -0.2) is 14.8 Å². The average molecular weight is 324 g/mol. The van der Waals surface area contributed by atoms with Crippen LogP contribution in [0.1, 0.15) is 18.5 Å². The zero-order valence-corrected chi connectivity index (χ0v) is 12.8. The lowest BCUT2D eigenvalue weighted by Crippen LogP contribution is -2.16. The smallest absolute Gasteiger partial charge is 0.415 e. The number of aromatic nitrogens is 3. The molecule has 0 aliphatic heterocycles. The Hall–Kier alpha value is -2.93. The van der Waals surface area contributed by atoms with Crippen LogP contribution in [-0.4, -0.2) is 31.8 Å². The summed E-state index contributed by atoms with van der Waals surface area (Å²) in [5.74, 6) is 1.07. The number of rotatable bonds is 5. The van der Waals surface area contributed by atoms with Crippen LogP contribution in [0.4, 0.5) is 4.79 Å². The number of ether oxygens (including phenoxy) is 1. The van der Waals surface area contributed by atoms with Gasteiger partial charge in [-0.2, -0.15) is 0 Å². The lowest BCUT2D eigenvalue weighted by atomic mass is 10.2. The van der Waals surface area contributed by atoms with Gasteiger partial charge in [0.05, 0.1) is 11.2 Å². The number of carbonyl (C=O) groups is 1. The van der Waals surface area contributed by atoms with E-state index in [2.05, 4.69) is 15.3 Å². The maximum atomic E-state index is 11.1. The van der Waals surface area contributed by atoms with E-state index in [1.54, 1.807) is 24.3 Å². The molecule has 0 spiro atoms. The molecule has 2 heterocycles. The minimum Gasteiger partial charge on any atom is -0.464 e. The van der Waals surface area contributed by atoms with Crippen molar-refractivity contribution in [1.29, 1.82) is 0 Å². The van der Waals surface area contributed by atoms with Crippen molar-refractivity contribution in [3.8, 4) is 11.6 Å². The second-order valence-electron chi connectivity index (χ2n) is 5.79. The first-order valence-electron chi connectivity index (χ1n) is 7.75. The molecule has 0 unspecified atom stereocenters. The number of nitrogens with one attached hydrogen (secondary N) is 1. The predicted molar refractivity (Wildman–Crippen MR) is 87.3 cm³/mol. The molecule has 0 amide bonds. The van der Waals surface area contributed by atoms with Crippen molar-refractivity contribution < 1.29 is 14.6 Å². The highest BCUT2D eigenvalue weighted by Crippen LogP contribution is 2.26. The van der Waals surface area contributed by atoms with Gasteiger partial charge in [0.15, 0.2) is 0 Å². The van der Waals surface area contributed by atoms with Crippen LogP contribution in [0.15, 0.2) is 42.9 Å². The summed E-state index contributed by atoms with van der Waals surface area (Å²) >= 11 is 0. The standard InChI is InChI=1S/C17H16N4O3/c22-17(23)21-6-5-11-7-14(3-4-15(11)21)24-16-8-13(19-10-20-16)9-18-12-1-2-12/h3-8,10,12,18H,1-2,9H2,(H,22,23). The summed E-state index contributed by atoms with van der Waals surface area (Å²) in [5.41, 5.74) is 1.50. The van der Waals surface area contributed by atoms with Crippen LogP contribution in [-0.2, 0) is 6.54 Å². The van der Waals surface area contributed by atoms with Crippen molar-refractivity contribution >= 4 is 17.0 Å². The highest BCUT2D eigenvalue weighted by Gasteiger charge is 2.20. The van der Waals surface area contributed by atoms with Crippen LogP contribution < -0.4 is 10.1 Å². The largest absolute Gasteiger partial charge is 0.464 e. The fourth-order valence-electron chi connectivity index (χ4n) is 2.54. The maximum absolute atomic E-state index is 11.1. The Morgan fingerprint density at radius 3 is 2.96 bits per heavy atom. The van der Waals surface area contributed by atoms with Crippen LogP contribution >= 0.6 is 0 Å². The first-order valence-corrected chi connectivity index (χ1v) is 7.75. The first kappa shape index (κ1) is 14.6. The molecule has 122 valence electrons. The highest BCUT2D eigenvalue weighted by atomic mass is 16.5. The molecule has 2 aromatic heterocycles. The fraction of sp³-hybridized carbons (Fsp3) is 0.235. The van der Waals surface area contributed by atoms with Crippen molar-refractivity contribution in [2.75, 3.05) is 0 Å². The van der Waals surface area contributed by atoms with Gasteiger partial charge in [0, 0.05) is 30.2 Å². The highest BCUT2D eigenvalue weighted by molar-refractivity contribution is 5.89. The summed E-state index contributed by atoms with van der Waals surface area (Å²) < 4.78 is 6.96. The van der Waals surface area contributed by atoms with Crippen molar-refractivity contribution in [3.63, 3.8) is 0 Å². The number of carboxylic acid groups (broad SMARTS) is 1. The van der Waals surface area contributed by atoms with E-state index in [1.165, 1.54) is 29.9 Å². The normalized spacial score (nSPS) is 14.0. The molecule has 7 heteroatoms. The van der Waals surface area contributed by atoms with Gasteiger partial charge in [0.1, 0.15) is 12.1 Å². The van der Waals surface area contributed by atoms with Gasteiger partial charge >= 0.3 is 6.09 Å². The average Bonchev–Trinajstić information content (AvgIpc) is 3.31. The van der Waals surface area contributed by atoms with Crippen LogP contribution in [0.3, 0.4) is 0 Å². The van der Waals surface area contributed by atoms with Crippen LogP contribution in [0.25, 0.3) is 10.9 Å². The fourth-order valence-corrected chi connectivity index (χ4v) is 2.54. The molecule has 24 heavy (non-hydrogen) atoms. The van der Waals surface area contributed by atoms with Crippen LogP contribution in [0, 0.1) is 0 Å². The third-order valence-electron chi connectivity index (χ3n) is 3.94. The van der Waals surface area contributed by atoms with Crippen molar-refractivity contribution in [3.05, 3.63) is 48.5 Å². The predicted octanol–water partition coefficient (Wildman–Crippen LogP) is 3.00. The molecule has 2 N–H and O–H groups in total. The SMILES string of the molecule is O=C(O)n1ccc2cc(Oc3cc(CNC4CC4)ncn3)ccc21. The summed E-state index contributed by atoms with van der Waals surface area (Å²) in [7, 11) is 0. The molecule has 0 saturated heterocycles. The maximum Gasteiger partial charge on any atom is 0.415 e. The van der Waals surface area contributed by atoms with Gasteiger partial charge in [0.2, 0.25) is 5.88 Å². The molecule has 1 aromatic carbocycles. The molecule has 1 saturated carbocycles. The summed E-state index contributed by atoms with van der Waals surface area (Å²) in [6.07, 6.45) is 4.44. The molecule has 4 rings (SSSR count).